The Morgan fingerprint density at radius 1 is 1.35 bits per heavy atom. The van der Waals surface area contributed by atoms with Gasteiger partial charge in [-0.25, -0.2) is 4.98 Å². The van der Waals surface area contributed by atoms with E-state index in [2.05, 4.69) is 4.98 Å². The molecule has 2 heterocycles. The molecule has 3 rings (SSSR count). The van der Waals surface area contributed by atoms with Crippen LogP contribution in [0.15, 0.2) is 47.2 Å². The third-order valence-electron chi connectivity index (χ3n) is 3.20. The molecule has 5 heteroatoms. The first-order valence-corrected chi connectivity index (χ1v) is 6.49. The van der Waals surface area contributed by atoms with Gasteiger partial charge in [0.25, 0.3) is 0 Å². The average molecular weight is 289 g/mol. The van der Waals surface area contributed by atoms with Crippen molar-refractivity contribution in [3.63, 3.8) is 0 Å². The maximum Gasteiger partial charge on any atom is 0.218 e. The molecule has 3 aromatic rings. The Balaban J connectivity index is 2.13. The highest BCUT2D eigenvalue weighted by molar-refractivity contribution is 6.30. The fraction of sp³-hybridized carbons (Fsp3) is 0.133. The molecule has 1 unspecified atom stereocenters. The van der Waals surface area contributed by atoms with Crippen LogP contribution >= 0.6 is 11.6 Å². The number of ether oxygens (including phenoxy) is 1. The van der Waals surface area contributed by atoms with Crippen molar-refractivity contribution in [1.82, 2.24) is 4.98 Å². The molecule has 0 bridgehead atoms. The van der Waals surface area contributed by atoms with Crippen molar-refractivity contribution in [2.75, 3.05) is 7.11 Å². The monoisotopic (exact) mass is 288 g/mol. The van der Waals surface area contributed by atoms with E-state index in [9.17, 15) is 0 Å². The Labute approximate surface area is 121 Å². The van der Waals surface area contributed by atoms with Crippen LogP contribution in [0.25, 0.3) is 10.8 Å². The molecule has 0 aliphatic carbocycles. The highest BCUT2D eigenvalue weighted by Gasteiger charge is 2.21. The van der Waals surface area contributed by atoms with Gasteiger partial charge >= 0.3 is 0 Å². The van der Waals surface area contributed by atoms with Crippen LogP contribution in [-0.2, 0) is 0 Å². The molecule has 4 nitrogen and oxygen atoms in total. The smallest absolute Gasteiger partial charge is 0.218 e. The second-order valence-corrected chi connectivity index (χ2v) is 4.85. The van der Waals surface area contributed by atoms with E-state index in [4.69, 9.17) is 26.5 Å². The summed E-state index contributed by atoms with van der Waals surface area (Å²) < 4.78 is 10.9. The lowest BCUT2D eigenvalue weighted by Gasteiger charge is -2.13. The molecule has 0 aliphatic heterocycles. The molecule has 20 heavy (non-hydrogen) atoms. The number of fused-ring (bicyclic) bond motifs is 1. The Morgan fingerprint density at radius 3 is 2.95 bits per heavy atom. The van der Waals surface area contributed by atoms with Gasteiger partial charge in [0.2, 0.25) is 5.88 Å². The molecule has 2 aromatic heterocycles. The fourth-order valence-electron chi connectivity index (χ4n) is 2.23. The average Bonchev–Trinajstić information content (AvgIpc) is 2.90. The Hall–Kier alpha value is -2.04. The first-order valence-electron chi connectivity index (χ1n) is 6.12. The highest BCUT2D eigenvalue weighted by Crippen LogP contribution is 2.33. The molecule has 0 fully saturated rings. The quantitative estimate of drug-likeness (QED) is 0.801. The number of methoxy groups -OCH3 is 1. The number of hydrogen-bond acceptors (Lipinski definition) is 4. The zero-order valence-corrected chi connectivity index (χ0v) is 11.6. The number of nitrogens with zero attached hydrogens (tertiary/aromatic N) is 1. The summed E-state index contributed by atoms with van der Waals surface area (Å²) in [6, 6.07) is 9.10. The maximum atomic E-state index is 6.30. The lowest BCUT2D eigenvalue weighted by atomic mass is 10.0. The van der Waals surface area contributed by atoms with Gasteiger partial charge in [-0.2, -0.15) is 0 Å². The van der Waals surface area contributed by atoms with E-state index in [0.29, 0.717) is 22.2 Å². The van der Waals surface area contributed by atoms with Crippen molar-refractivity contribution in [2.24, 2.45) is 5.73 Å². The van der Waals surface area contributed by atoms with E-state index in [1.54, 1.807) is 19.4 Å². The van der Waals surface area contributed by atoms with Crippen LogP contribution in [0.1, 0.15) is 17.4 Å². The summed E-state index contributed by atoms with van der Waals surface area (Å²) in [5, 5.41) is 2.49. The topological polar surface area (TPSA) is 61.3 Å². The van der Waals surface area contributed by atoms with E-state index in [-0.39, 0.29) is 0 Å². The molecule has 1 atom stereocenters. The van der Waals surface area contributed by atoms with Crippen molar-refractivity contribution in [3.05, 3.63) is 59.1 Å². The van der Waals surface area contributed by atoms with E-state index < -0.39 is 6.04 Å². The normalized spacial score (nSPS) is 12.6. The maximum absolute atomic E-state index is 6.30. The SMILES string of the molecule is COc1ncc(Cl)cc1C(N)c1occ2ccccc12. The van der Waals surface area contributed by atoms with E-state index in [1.807, 2.05) is 24.3 Å². The van der Waals surface area contributed by atoms with Gasteiger partial charge in [0.15, 0.2) is 0 Å². The molecule has 2 N–H and O–H groups in total. The van der Waals surface area contributed by atoms with Crippen LogP contribution in [-0.4, -0.2) is 12.1 Å². The van der Waals surface area contributed by atoms with Gasteiger partial charge in [-0.1, -0.05) is 35.9 Å². The Bertz CT molecular complexity index is 754. The number of hydrogen-bond donors (Lipinski definition) is 1. The van der Waals surface area contributed by atoms with Crippen molar-refractivity contribution < 1.29 is 9.15 Å². The summed E-state index contributed by atoms with van der Waals surface area (Å²) in [5.41, 5.74) is 6.99. The standard InChI is InChI=1S/C15H13ClN2O2/c1-19-15-12(6-10(16)7-18-15)13(17)14-11-5-3-2-4-9(11)8-20-14/h2-8,13H,17H2,1H3. The van der Waals surface area contributed by atoms with Gasteiger partial charge in [0, 0.05) is 22.5 Å². The lowest BCUT2D eigenvalue weighted by Crippen LogP contribution is -2.13. The molecule has 0 saturated heterocycles. The summed E-state index contributed by atoms with van der Waals surface area (Å²) >= 11 is 5.99. The number of benzene rings is 1. The molecular formula is C15H13ClN2O2. The van der Waals surface area contributed by atoms with Crippen molar-refractivity contribution in [3.8, 4) is 5.88 Å². The minimum Gasteiger partial charge on any atom is -0.481 e. The predicted molar refractivity (Wildman–Crippen MR) is 78.0 cm³/mol. The summed E-state index contributed by atoms with van der Waals surface area (Å²) in [6.07, 6.45) is 3.21. The number of rotatable bonds is 3. The second kappa shape index (κ2) is 5.15. The third kappa shape index (κ3) is 2.13. The summed E-state index contributed by atoms with van der Waals surface area (Å²) in [5.74, 6) is 1.12. The summed E-state index contributed by atoms with van der Waals surface area (Å²) in [7, 11) is 1.55. The number of halogens is 1. The minimum atomic E-state index is -0.490. The zero-order valence-electron chi connectivity index (χ0n) is 10.8. The molecule has 0 radical (unpaired) electrons. The first-order chi connectivity index (χ1) is 9.70. The first kappa shape index (κ1) is 13.0. The number of aromatic nitrogens is 1. The fourth-order valence-corrected chi connectivity index (χ4v) is 2.40. The molecule has 1 aromatic carbocycles. The molecule has 102 valence electrons. The van der Waals surface area contributed by atoms with Crippen LogP contribution in [0.2, 0.25) is 5.02 Å². The Morgan fingerprint density at radius 2 is 2.15 bits per heavy atom. The molecule has 0 spiro atoms. The second-order valence-electron chi connectivity index (χ2n) is 4.42. The minimum absolute atomic E-state index is 0.447. The van der Waals surface area contributed by atoms with E-state index >= 15 is 0 Å². The molecular weight excluding hydrogens is 276 g/mol. The van der Waals surface area contributed by atoms with Crippen LogP contribution < -0.4 is 10.5 Å². The predicted octanol–water partition coefficient (Wildman–Crippen LogP) is 3.54. The van der Waals surface area contributed by atoms with Crippen molar-refractivity contribution in [2.45, 2.75) is 6.04 Å². The zero-order chi connectivity index (χ0) is 14.1. The largest absolute Gasteiger partial charge is 0.481 e. The van der Waals surface area contributed by atoms with Gasteiger partial charge in [0.1, 0.15) is 5.76 Å². The van der Waals surface area contributed by atoms with Crippen LogP contribution in [0, 0.1) is 0 Å². The lowest BCUT2D eigenvalue weighted by molar-refractivity contribution is 0.387. The van der Waals surface area contributed by atoms with Gasteiger partial charge in [0.05, 0.1) is 24.4 Å². The number of furan rings is 1. The van der Waals surface area contributed by atoms with Crippen molar-refractivity contribution >= 4 is 22.4 Å². The summed E-state index contributed by atoms with van der Waals surface area (Å²) in [6.45, 7) is 0. The van der Waals surface area contributed by atoms with Gasteiger partial charge in [-0.3, -0.25) is 0 Å². The van der Waals surface area contributed by atoms with Gasteiger partial charge in [-0.15, -0.1) is 0 Å². The molecule has 0 amide bonds. The van der Waals surface area contributed by atoms with Crippen LogP contribution in [0.4, 0.5) is 0 Å². The van der Waals surface area contributed by atoms with E-state index in [1.165, 1.54) is 6.20 Å². The number of nitrogens with two attached hydrogens (primary N) is 1. The van der Waals surface area contributed by atoms with Crippen molar-refractivity contribution in [1.29, 1.82) is 0 Å². The highest BCUT2D eigenvalue weighted by atomic mass is 35.5. The number of pyridine rings is 1. The Kier molecular flexibility index (Phi) is 3.34. The van der Waals surface area contributed by atoms with Gasteiger partial charge < -0.3 is 14.9 Å². The van der Waals surface area contributed by atoms with E-state index in [0.717, 1.165) is 10.8 Å². The molecule has 0 saturated carbocycles. The van der Waals surface area contributed by atoms with Crippen LogP contribution in [0.3, 0.4) is 0 Å². The third-order valence-corrected chi connectivity index (χ3v) is 3.40. The summed E-state index contributed by atoms with van der Waals surface area (Å²) in [4.78, 5) is 4.13. The van der Waals surface area contributed by atoms with Gasteiger partial charge in [-0.05, 0) is 6.07 Å². The van der Waals surface area contributed by atoms with Crippen LogP contribution in [0.5, 0.6) is 5.88 Å². The molecule has 0 aliphatic rings.